The maximum atomic E-state index is 11.7. The van der Waals surface area contributed by atoms with Crippen LogP contribution in [0.5, 0.6) is 0 Å². The summed E-state index contributed by atoms with van der Waals surface area (Å²) >= 11 is 0. The van der Waals surface area contributed by atoms with Gasteiger partial charge in [-0.3, -0.25) is 4.79 Å². The average molecular weight is 271 g/mol. The summed E-state index contributed by atoms with van der Waals surface area (Å²) in [6.45, 7) is -0.0509. The summed E-state index contributed by atoms with van der Waals surface area (Å²) in [5.74, 6) is -1.58. The van der Waals surface area contributed by atoms with Crippen molar-refractivity contribution in [2.45, 2.75) is 19.5 Å². The number of halogens is 3. The van der Waals surface area contributed by atoms with Crippen molar-refractivity contribution >= 4 is 11.7 Å². The summed E-state index contributed by atoms with van der Waals surface area (Å²) in [5.41, 5.74) is 5.28. The molecule has 0 aliphatic heterocycles. The van der Waals surface area contributed by atoms with Crippen LogP contribution in [0.1, 0.15) is 13.3 Å². The minimum atomic E-state index is -4.38. The Labute approximate surface area is 102 Å². The second-order valence-corrected chi connectivity index (χ2v) is 3.44. The van der Waals surface area contributed by atoms with E-state index in [1.807, 2.05) is 0 Å². The Morgan fingerprint density at radius 1 is 1.56 bits per heavy atom. The number of hydrogen-bond acceptors (Lipinski definition) is 4. The smallest absolute Gasteiger partial charge is 0.409 e. The van der Waals surface area contributed by atoms with Gasteiger partial charge in [0.25, 0.3) is 0 Å². The van der Waals surface area contributed by atoms with Crippen molar-refractivity contribution in [2.24, 2.45) is 16.8 Å². The number of ether oxygens (including phenoxy) is 1. The van der Waals surface area contributed by atoms with E-state index in [-0.39, 0.29) is 19.0 Å². The predicted octanol–water partition coefficient (Wildman–Crippen LogP) is 0.454. The van der Waals surface area contributed by atoms with E-state index in [0.29, 0.717) is 6.42 Å². The van der Waals surface area contributed by atoms with Gasteiger partial charge in [0.05, 0.1) is 12.5 Å². The largest absolute Gasteiger partial charge is 0.411 e. The van der Waals surface area contributed by atoms with Gasteiger partial charge in [-0.25, -0.2) is 0 Å². The van der Waals surface area contributed by atoms with Crippen LogP contribution in [-0.4, -0.2) is 42.9 Å². The number of hydrogen-bond donors (Lipinski definition) is 3. The van der Waals surface area contributed by atoms with Gasteiger partial charge in [-0.2, -0.15) is 13.2 Å². The number of amides is 1. The molecule has 0 aliphatic carbocycles. The number of alkyl halides is 3. The van der Waals surface area contributed by atoms with Crippen molar-refractivity contribution in [1.29, 1.82) is 0 Å². The quantitative estimate of drug-likeness (QED) is 0.206. The first-order chi connectivity index (χ1) is 8.31. The van der Waals surface area contributed by atoms with Crippen molar-refractivity contribution in [2.75, 3.05) is 19.8 Å². The van der Waals surface area contributed by atoms with Gasteiger partial charge in [-0.1, -0.05) is 12.1 Å². The number of nitrogens with two attached hydrogens (primary N) is 1. The van der Waals surface area contributed by atoms with Crippen molar-refractivity contribution in [3.63, 3.8) is 0 Å². The van der Waals surface area contributed by atoms with Gasteiger partial charge in [-0.05, 0) is 6.42 Å². The van der Waals surface area contributed by atoms with E-state index >= 15 is 0 Å². The fourth-order valence-corrected chi connectivity index (χ4v) is 1.16. The minimum Gasteiger partial charge on any atom is -0.409 e. The van der Waals surface area contributed by atoms with Crippen LogP contribution in [0.15, 0.2) is 5.16 Å². The highest BCUT2D eigenvalue weighted by Crippen LogP contribution is 2.13. The van der Waals surface area contributed by atoms with Crippen LogP contribution in [-0.2, 0) is 9.53 Å². The second kappa shape index (κ2) is 7.75. The molecule has 106 valence electrons. The molecule has 0 saturated carbocycles. The molecule has 0 aromatic heterocycles. The fourth-order valence-electron chi connectivity index (χ4n) is 1.16. The van der Waals surface area contributed by atoms with Gasteiger partial charge in [0.1, 0.15) is 6.61 Å². The molecule has 0 radical (unpaired) electrons. The van der Waals surface area contributed by atoms with E-state index in [1.165, 1.54) is 0 Å². The SMILES string of the molecule is CCC(C(=O)NCCOCC(F)(F)F)C(N)=NO. The van der Waals surface area contributed by atoms with Gasteiger partial charge >= 0.3 is 6.18 Å². The Balaban J connectivity index is 3.89. The first-order valence-corrected chi connectivity index (χ1v) is 5.21. The number of oxime groups is 1. The van der Waals surface area contributed by atoms with Crippen molar-refractivity contribution in [3.8, 4) is 0 Å². The lowest BCUT2D eigenvalue weighted by Gasteiger charge is -2.13. The number of carbonyl (C=O) groups is 1. The number of rotatable bonds is 7. The lowest BCUT2D eigenvalue weighted by molar-refractivity contribution is -0.173. The zero-order chi connectivity index (χ0) is 14.2. The number of nitrogens with zero attached hydrogens (tertiary/aromatic N) is 1. The van der Waals surface area contributed by atoms with E-state index in [9.17, 15) is 18.0 Å². The molecule has 6 nitrogen and oxygen atoms in total. The van der Waals surface area contributed by atoms with Crippen LogP contribution in [0.3, 0.4) is 0 Å². The highest BCUT2D eigenvalue weighted by molar-refractivity contribution is 6.01. The molecular weight excluding hydrogens is 255 g/mol. The molecule has 0 heterocycles. The van der Waals surface area contributed by atoms with Gasteiger partial charge in [0, 0.05) is 6.54 Å². The summed E-state index contributed by atoms with van der Waals surface area (Å²) in [4.78, 5) is 11.5. The first kappa shape index (κ1) is 16.5. The van der Waals surface area contributed by atoms with Gasteiger partial charge in [0.2, 0.25) is 5.91 Å². The molecule has 4 N–H and O–H groups in total. The molecule has 0 bridgehead atoms. The molecule has 0 fully saturated rings. The third kappa shape index (κ3) is 6.94. The summed E-state index contributed by atoms with van der Waals surface area (Å²) in [6, 6.07) is 0. The van der Waals surface area contributed by atoms with Crippen LogP contribution in [0, 0.1) is 5.92 Å². The van der Waals surface area contributed by atoms with Crippen LogP contribution in [0.2, 0.25) is 0 Å². The van der Waals surface area contributed by atoms with E-state index in [1.54, 1.807) is 6.92 Å². The Hall–Kier alpha value is -1.51. The molecule has 0 spiro atoms. The third-order valence-corrected chi connectivity index (χ3v) is 2.01. The van der Waals surface area contributed by atoms with Crippen molar-refractivity contribution in [1.82, 2.24) is 5.32 Å². The molecule has 0 rings (SSSR count). The summed E-state index contributed by atoms with van der Waals surface area (Å²) in [7, 11) is 0. The van der Waals surface area contributed by atoms with E-state index in [4.69, 9.17) is 10.9 Å². The molecule has 1 unspecified atom stereocenters. The molecule has 0 aliphatic rings. The molecule has 0 aromatic rings. The number of nitrogens with one attached hydrogen (secondary N) is 1. The lowest BCUT2D eigenvalue weighted by atomic mass is 10.1. The standard InChI is InChI=1S/C9H16F3N3O3/c1-2-6(7(13)15-17)8(16)14-3-4-18-5-9(10,11)12/h6,17H,2-5H2,1H3,(H2,13,15)(H,14,16). The lowest BCUT2D eigenvalue weighted by Crippen LogP contribution is -2.40. The van der Waals surface area contributed by atoms with E-state index in [2.05, 4.69) is 15.2 Å². The predicted molar refractivity (Wildman–Crippen MR) is 57.1 cm³/mol. The summed E-state index contributed by atoms with van der Waals surface area (Å²) in [5, 5.41) is 13.5. The van der Waals surface area contributed by atoms with Crippen LogP contribution in [0.25, 0.3) is 0 Å². The van der Waals surface area contributed by atoms with Crippen molar-refractivity contribution in [3.05, 3.63) is 0 Å². The molecule has 1 amide bonds. The molecular formula is C9H16F3N3O3. The van der Waals surface area contributed by atoms with E-state index in [0.717, 1.165) is 0 Å². The van der Waals surface area contributed by atoms with Crippen LogP contribution < -0.4 is 11.1 Å². The number of carbonyl (C=O) groups excluding carboxylic acids is 1. The highest BCUT2D eigenvalue weighted by atomic mass is 19.4. The second-order valence-electron chi connectivity index (χ2n) is 3.44. The molecule has 9 heteroatoms. The molecule has 18 heavy (non-hydrogen) atoms. The Morgan fingerprint density at radius 3 is 2.61 bits per heavy atom. The van der Waals surface area contributed by atoms with Gasteiger partial charge in [0.15, 0.2) is 5.84 Å². The average Bonchev–Trinajstić information content (AvgIpc) is 2.27. The van der Waals surface area contributed by atoms with Crippen LogP contribution >= 0.6 is 0 Å². The van der Waals surface area contributed by atoms with Crippen LogP contribution in [0.4, 0.5) is 13.2 Å². The molecule has 0 aromatic carbocycles. The maximum Gasteiger partial charge on any atom is 0.411 e. The highest BCUT2D eigenvalue weighted by Gasteiger charge is 2.27. The summed E-state index contributed by atoms with van der Waals surface area (Å²) < 4.78 is 39.4. The van der Waals surface area contributed by atoms with Crippen molar-refractivity contribution < 1.29 is 27.9 Å². The minimum absolute atomic E-state index is 0.0792. The van der Waals surface area contributed by atoms with Gasteiger partial charge < -0.3 is 21.0 Å². The fraction of sp³-hybridized carbons (Fsp3) is 0.778. The number of amidine groups is 1. The Kier molecular flexibility index (Phi) is 7.10. The first-order valence-electron chi connectivity index (χ1n) is 5.21. The maximum absolute atomic E-state index is 11.7. The third-order valence-electron chi connectivity index (χ3n) is 2.01. The van der Waals surface area contributed by atoms with Gasteiger partial charge in [-0.15, -0.1) is 0 Å². The molecule has 0 saturated heterocycles. The topological polar surface area (TPSA) is 96.9 Å². The molecule has 1 atom stereocenters. The Bertz CT molecular complexity index is 295. The zero-order valence-electron chi connectivity index (χ0n) is 9.83. The zero-order valence-corrected chi connectivity index (χ0v) is 9.83. The van der Waals surface area contributed by atoms with E-state index < -0.39 is 24.6 Å². The normalized spacial score (nSPS) is 14.3. The Morgan fingerprint density at radius 2 is 2.17 bits per heavy atom. The monoisotopic (exact) mass is 271 g/mol. The summed E-state index contributed by atoms with van der Waals surface area (Å²) in [6.07, 6.45) is -4.07.